The molecule has 0 amide bonds. The van der Waals surface area contributed by atoms with Gasteiger partial charge in [0.1, 0.15) is 23.1 Å². The maximum atomic E-state index is 11.2. The number of benzene rings is 1. The van der Waals surface area contributed by atoms with Gasteiger partial charge in [0.15, 0.2) is 0 Å². The van der Waals surface area contributed by atoms with Crippen LogP contribution in [0.5, 0.6) is 5.75 Å². The molecule has 156 valence electrons. The summed E-state index contributed by atoms with van der Waals surface area (Å²) in [6.45, 7) is -0.815. The minimum atomic E-state index is -4.89. The molecule has 0 saturated carbocycles. The SMILES string of the molecule is O=[N+]([O-])c1ccc(O[C@@H]2O[C@H](COP(=O)(O)O)[C@H](O)[C@H](O)[C@H]2Br)c([N+](=O)[O-])c1. The Hall–Kier alpha value is -1.71. The number of nitro groups is 2. The molecule has 1 aliphatic heterocycles. The molecule has 5 atom stereocenters. The van der Waals surface area contributed by atoms with Gasteiger partial charge in [0.2, 0.25) is 12.0 Å². The first-order valence-electron chi connectivity index (χ1n) is 7.36. The molecule has 1 aromatic carbocycles. The van der Waals surface area contributed by atoms with E-state index >= 15 is 0 Å². The van der Waals surface area contributed by atoms with E-state index in [1.807, 2.05) is 0 Å². The topological polar surface area (TPSA) is 212 Å². The van der Waals surface area contributed by atoms with Crippen LogP contribution < -0.4 is 4.74 Å². The highest BCUT2D eigenvalue weighted by Gasteiger charge is 2.45. The third-order valence-corrected chi connectivity index (χ3v) is 5.08. The number of hydrogen-bond acceptors (Lipinski definition) is 10. The normalized spacial score (nSPS) is 28.0. The molecule has 0 aromatic heterocycles. The molecule has 1 aromatic rings. The molecule has 0 radical (unpaired) electrons. The molecule has 1 fully saturated rings. The molecule has 0 unspecified atom stereocenters. The Morgan fingerprint density at radius 3 is 2.36 bits per heavy atom. The summed E-state index contributed by atoms with van der Waals surface area (Å²) < 4.78 is 25.7. The van der Waals surface area contributed by atoms with Gasteiger partial charge in [-0.15, -0.1) is 0 Å². The third kappa shape index (κ3) is 5.42. The molecule has 1 saturated heterocycles. The van der Waals surface area contributed by atoms with Crippen molar-refractivity contribution < 1.29 is 48.4 Å². The number of phosphoric ester groups is 1. The summed E-state index contributed by atoms with van der Waals surface area (Å²) >= 11 is 3.00. The average molecular weight is 489 g/mol. The van der Waals surface area contributed by atoms with Crippen molar-refractivity contribution in [3.8, 4) is 5.75 Å². The van der Waals surface area contributed by atoms with Gasteiger partial charge in [0.05, 0.1) is 22.5 Å². The van der Waals surface area contributed by atoms with Gasteiger partial charge in [-0.2, -0.15) is 0 Å². The Bertz CT molecular complexity index is 803. The highest BCUT2D eigenvalue weighted by Crippen LogP contribution is 2.38. The zero-order valence-corrected chi connectivity index (χ0v) is 16.1. The Labute approximate surface area is 164 Å². The van der Waals surface area contributed by atoms with Crippen molar-refractivity contribution in [2.45, 2.75) is 29.4 Å². The molecule has 1 aliphatic rings. The fourth-order valence-corrected chi connectivity index (χ4v) is 3.17. The minimum absolute atomic E-state index is 0.428. The van der Waals surface area contributed by atoms with Gasteiger partial charge in [-0.05, 0) is 6.07 Å². The maximum absolute atomic E-state index is 11.2. The summed E-state index contributed by atoms with van der Waals surface area (Å²) in [4.78, 5) is 36.6. The van der Waals surface area contributed by atoms with Crippen molar-refractivity contribution in [3.05, 3.63) is 38.4 Å². The van der Waals surface area contributed by atoms with Gasteiger partial charge in [0.25, 0.3) is 5.69 Å². The molecule has 14 nitrogen and oxygen atoms in total. The second-order valence-corrected chi connectivity index (χ2v) is 7.84. The average Bonchev–Trinajstić information content (AvgIpc) is 2.60. The number of halogens is 1. The second-order valence-electron chi connectivity index (χ2n) is 5.54. The molecular weight excluding hydrogens is 475 g/mol. The van der Waals surface area contributed by atoms with Crippen LogP contribution in [-0.2, 0) is 13.8 Å². The number of nitro benzene ring substituents is 2. The van der Waals surface area contributed by atoms with Crippen LogP contribution in [0.25, 0.3) is 0 Å². The summed E-state index contributed by atoms with van der Waals surface area (Å²) in [5.74, 6) is -0.428. The van der Waals surface area contributed by atoms with Crippen LogP contribution in [-0.4, -0.2) is 65.9 Å². The molecule has 2 rings (SSSR count). The van der Waals surface area contributed by atoms with E-state index < -0.39 is 70.8 Å². The van der Waals surface area contributed by atoms with Gasteiger partial charge in [0, 0.05) is 6.07 Å². The van der Waals surface area contributed by atoms with Crippen LogP contribution in [0.4, 0.5) is 11.4 Å². The first-order valence-corrected chi connectivity index (χ1v) is 9.80. The van der Waals surface area contributed by atoms with E-state index in [-0.39, 0.29) is 0 Å². The fraction of sp³-hybridized carbons (Fsp3) is 0.500. The van der Waals surface area contributed by atoms with Crippen LogP contribution in [0.15, 0.2) is 18.2 Å². The van der Waals surface area contributed by atoms with Crippen LogP contribution in [0.1, 0.15) is 0 Å². The zero-order valence-electron chi connectivity index (χ0n) is 13.6. The quantitative estimate of drug-likeness (QED) is 0.175. The highest BCUT2D eigenvalue weighted by molar-refractivity contribution is 9.09. The Morgan fingerprint density at radius 2 is 1.82 bits per heavy atom. The monoisotopic (exact) mass is 488 g/mol. The van der Waals surface area contributed by atoms with Crippen LogP contribution >= 0.6 is 23.8 Å². The Morgan fingerprint density at radius 1 is 1.18 bits per heavy atom. The van der Waals surface area contributed by atoms with Gasteiger partial charge in [-0.25, -0.2) is 4.57 Å². The van der Waals surface area contributed by atoms with Gasteiger partial charge >= 0.3 is 13.5 Å². The Kier molecular flexibility index (Phi) is 7.06. The molecule has 28 heavy (non-hydrogen) atoms. The number of ether oxygens (including phenoxy) is 2. The Balaban J connectivity index is 2.25. The summed E-state index contributed by atoms with van der Waals surface area (Å²) in [6, 6.07) is 2.58. The zero-order chi connectivity index (χ0) is 21.2. The molecule has 0 bridgehead atoms. The number of aliphatic hydroxyl groups is 2. The van der Waals surface area contributed by atoms with E-state index in [9.17, 15) is 35.0 Å². The molecule has 0 spiro atoms. The molecule has 16 heteroatoms. The summed E-state index contributed by atoms with van der Waals surface area (Å²) in [5.41, 5.74) is -1.30. The summed E-state index contributed by atoms with van der Waals surface area (Å²) in [5, 5.41) is 42.0. The van der Waals surface area contributed by atoms with Crippen molar-refractivity contribution in [2.24, 2.45) is 0 Å². The number of alkyl halides is 1. The lowest BCUT2D eigenvalue weighted by molar-refractivity contribution is -0.395. The number of nitrogens with zero attached hydrogens (tertiary/aromatic N) is 2. The van der Waals surface area contributed by atoms with Crippen molar-refractivity contribution in [3.63, 3.8) is 0 Å². The van der Waals surface area contributed by atoms with Gasteiger partial charge in [-0.3, -0.25) is 24.8 Å². The first kappa shape index (κ1) is 22.6. The van der Waals surface area contributed by atoms with Gasteiger partial charge < -0.3 is 29.5 Å². The number of rotatable bonds is 7. The minimum Gasteiger partial charge on any atom is -0.456 e. The van der Waals surface area contributed by atoms with Gasteiger partial charge in [-0.1, -0.05) is 15.9 Å². The molecule has 0 aliphatic carbocycles. The van der Waals surface area contributed by atoms with Crippen molar-refractivity contribution in [1.82, 2.24) is 0 Å². The molecule has 1 heterocycles. The smallest absolute Gasteiger partial charge is 0.456 e. The summed E-state index contributed by atoms with van der Waals surface area (Å²) in [7, 11) is -4.89. The highest BCUT2D eigenvalue weighted by atomic mass is 79.9. The molecule has 4 N–H and O–H groups in total. The number of phosphoric acid groups is 1. The predicted octanol–water partition coefficient (Wildman–Crippen LogP) is 0.201. The van der Waals surface area contributed by atoms with E-state index in [0.29, 0.717) is 6.07 Å². The van der Waals surface area contributed by atoms with E-state index in [2.05, 4.69) is 20.5 Å². The van der Waals surface area contributed by atoms with E-state index in [0.717, 1.165) is 12.1 Å². The molecular formula is C12H14BrN2O12P. The predicted molar refractivity (Wildman–Crippen MR) is 91.8 cm³/mol. The van der Waals surface area contributed by atoms with E-state index in [4.69, 9.17) is 19.3 Å². The fourth-order valence-electron chi connectivity index (χ4n) is 2.29. The lowest BCUT2D eigenvalue weighted by Gasteiger charge is -2.39. The second kappa shape index (κ2) is 8.75. The number of aliphatic hydroxyl groups excluding tert-OH is 2. The van der Waals surface area contributed by atoms with E-state index in [1.165, 1.54) is 0 Å². The third-order valence-electron chi connectivity index (χ3n) is 3.63. The van der Waals surface area contributed by atoms with Crippen molar-refractivity contribution in [1.29, 1.82) is 0 Å². The van der Waals surface area contributed by atoms with Crippen LogP contribution in [0, 0.1) is 20.2 Å². The largest absolute Gasteiger partial charge is 0.469 e. The number of hydrogen-bond donors (Lipinski definition) is 4. The van der Waals surface area contributed by atoms with E-state index in [1.54, 1.807) is 0 Å². The van der Waals surface area contributed by atoms with Crippen molar-refractivity contribution in [2.75, 3.05) is 6.61 Å². The summed E-state index contributed by atoms with van der Waals surface area (Å²) in [6.07, 6.45) is -6.09. The lowest BCUT2D eigenvalue weighted by Crippen LogP contribution is -2.58. The van der Waals surface area contributed by atoms with Crippen LogP contribution in [0.2, 0.25) is 0 Å². The van der Waals surface area contributed by atoms with Crippen molar-refractivity contribution >= 4 is 35.1 Å². The number of non-ortho nitro benzene ring substituents is 1. The standard InChI is InChI=1S/C12H14BrN2O12P/c13-9-11(17)10(16)8(4-25-28(22,23)24)27-12(9)26-7-2-1-5(14(18)19)3-6(7)15(20)21/h1-3,8-12,16-17H,4H2,(H2,22,23,24)/t8-,9-,10+,11-,12-/m1/s1. The first-order chi connectivity index (χ1) is 12.9. The maximum Gasteiger partial charge on any atom is 0.469 e. The lowest BCUT2D eigenvalue weighted by atomic mass is 10.0. The van der Waals surface area contributed by atoms with Crippen LogP contribution in [0.3, 0.4) is 0 Å².